The summed E-state index contributed by atoms with van der Waals surface area (Å²) in [6.07, 6.45) is 0. The first-order valence-corrected chi connectivity index (χ1v) is 8.34. The summed E-state index contributed by atoms with van der Waals surface area (Å²) in [5.74, 6) is -1.82. The zero-order chi connectivity index (χ0) is 12.1. The van der Waals surface area contributed by atoms with E-state index in [1.165, 1.54) is 0 Å². The first kappa shape index (κ1) is 12.8. The Morgan fingerprint density at radius 2 is 1.62 bits per heavy atom. The molecule has 2 N–H and O–H groups in total. The van der Waals surface area contributed by atoms with Gasteiger partial charge in [-0.1, -0.05) is 0 Å². The number of aryl methyl sites for hydroxylation is 1. The Morgan fingerprint density at radius 1 is 1.12 bits per heavy atom. The number of rotatable bonds is 5. The van der Waals surface area contributed by atoms with Crippen molar-refractivity contribution in [2.24, 2.45) is 0 Å². The van der Waals surface area contributed by atoms with Gasteiger partial charge in [-0.25, -0.2) is 0 Å². The van der Waals surface area contributed by atoms with Crippen LogP contribution in [0.5, 0.6) is 0 Å². The van der Waals surface area contributed by atoms with Gasteiger partial charge in [0.25, 0.3) is 0 Å². The molecule has 1 aromatic rings. The van der Waals surface area contributed by atoms with Crippen LogP contribution < -0.4 is 4.35 Å². The molecule has 16 heavy (non-hydrogen) atoms. The van der Waals surface area contributed by atoms with Gasteiger partial charge in [0.2, 0.25) is 0 Å². The molecule has 0 saturated carbocycles. The molecule has 1 rings (SSSR count). The van der Waals surface area contributed by atoms with E-state index in [1.54, 1.807) is 0 Å². The van der Waals surface area contributed by atoms with E-state index in [1.807, 2.05) is 31.2 Å². The van der Waals surface area contributed by atoms with Crippen LogP contribution in [0.2, 0.25) is 10.4 Å². The average Bonchev–Trinajstić information content (AvgIpc) is 2.15. The van der Waals surface area contributed by atoms with Gasteiger partial charge in [-0.2, -0.15) is 0 Å². The molecule has 0 bridgehead atoms. The summed E-state index contributed by atoms with van der Waals surface area (Å²) in [6, 6.07) is 7.43. The summed E-state index contributed by atoms with van der Waals surface area (Å²) in [6.45, 7) is 1.89. The van der Waals surface area contributed by atoms with Gasteiger partial charge in [0.15, 0.2) is 0 Å². The summed E-state index contributed by atoms with van der Waals surface area (Å²) >= 11 is -2.02. The van der Waals surface area contributed by atoms with Crippen molar-refractivity contribution in [1.29, 1.82) is 0 Å². The molecular weight excluding hydrogens is 271 g/mol. The number of benzene rings is 1. The van der Waals surface area contributed by atoms with Crippen LogP contribution in [-0.4, -0.2) is 36.8 Å². The van der Waals surface area contributed by atoms with E-state index in [0.29, 0.717) is 0 Å². The molecule has 0 atom stereocenters. The molecule has 0 heterocycles. The Morgan fingerprint density at radius 3 is 2.06 bits per heavy atom. The maximum atomic E-state index is 10.7. The van der Waals surface area contributed by atoms with Crippen LogP contribution in [0.25, 0.3) is 0 Å². The van der Waals surface area contributed by atoms with Crippen molar-refractivity contribution >= 4 is 30.9 Å². The predicted molar refractivity (Wildman–Crippen MR) is 61.5 cm³/mol. The van der Waals surface area contributed by atoms with E-state index < -0.39 is 26.6 Å². The second kappa shape index (κ2) is 5.71. The Hall–Kier alpha value is -1.28. The molecular formula is C11H13AsO4. The van der Waals surface area contributed by atoms with Crippen molar-refractivity contribution in [3.8, 4) is 0 Å². The van der Waals surface area contributed by atoms with Crippen molar-refractivity contribution in [2.75, 3.05) is 0 Å². The van der Waals surface area contributed by atoms with E-state index in [-0.39, 0.29) is 10.4 Å². The first-order valence-electron chi connectivity index (χ1n) is 4.75. The standard InChI is InChI=1S/C11H13AsO4/c1-8-4-2-3-5-9(8)12(6-10(13)14)7-11(15)16/h2-5H,6-7H2,1H3,(H,13,14)(H,15,16). The average molecular weight is 284 g/mol. The Kier molecular flexibility index (Phi) is 4.56. The van der Waals surface area contributed by atoms with Crippen LogP contribution in [0.15, 0.2) is 24.3 Å². The molecule has 1 aromatic carbocycles. The summed E-state index contributed by atoms with van der Waals surface area (Å²) in [4.78, 5) is 21.4. The zero-order valence-electron chi connectivity index (χ0n) is 8.88. The number of hydrogen-bond acceptors (Lipinski definition) is 2. The van der Waals surface area contributed by atoms with Crippen LogP contribution in [0, 0.1) is 6.92 Å². The molecule has 0 spiro atoms. The zero-order valence-corrected chi connectivity index (χ0v) is 10.8. The Bertz CT molecular complexity index is 387. The SMILES string of the molecule is Cc1ccccc1[As](CC(=O)O)CC(=O)O. The van der Waals surface area contributed by atoms with Crippen molar-refractivity contribution in [1.82, 2.24) is 0 Å². The third kappa shape index (κ3) is 3.70. The third-order valence-corrected chi connectivity index (χ3v) is 7.33. The predicted octanol–water partition coefficient (Wildman–Crippen LogP) is 0.866. The van der Waals surface area contributed by atoms with Crippen molar-refractivity contribution in [3.63, 3.8) is 0 Å². The number of carboxylic acids is 2. The molecule has 0 saturated heterocycles. The van der Waals surface area contributed by atoms with Gasteiger partial charge in [0.1, 0.15) is 0 Å². The second-order valence-electron chi connectivity index (χ2n) is 3.43. The number of carbonyl (C=O) groups is 2. The normalized spacial score (nSPS) is 10.4. The second-order valence-corrected chi connectivity index (χ2v) is 8.03. The van der Waals surface area contributed by atoms with Crippen LogP contribution in [0.3, 0.4) is 0 Å². The molecule has 0 fully saturated rings. The summed E-state index contributed by atoms with van der Waals surface area (Å²) in [7, 11) is 0. The van der Waals surface area contributed by atoms with Gasteiger partial charge < -0.3 is 0 Å². The first-order chi connectivity index (χ1) is 7.50. The molecule has 5 heteroatoms. The van der Waals surface area contributed by atoms with E-state index >= 15 is 0 Å². The quantitative estimate of drug-likeness (QED) is 0.787. The third-order valence-electron chi connectivity index (χ3n) is 2.11. The Labute approximate surface area is 98.2 Å². The monoisotopic (exact) mass is 284 g/mol. The fraction of sp³-hybridized carbons (Fsp3) is 0.273. The maximum absolute atomic E-state index is 10.7. The minimum atomic E-state index is -2.02. The molecule has 0 aliphatic rings. The van der Waals surface area contributed by atoms with Gasteiger partial charge in [-0.05, 0) is 0 Å². The fourth-order valence-corrected chi connectivity index (χ4v) is 5.62. The van der Waals surface area contributed by atoms with Gasteiger partial charge >= 0.3 is 97.9 Å². The molecule has 0 radical (unpaired) electrons. The van der Waals surface area contributed by atoms with E-state index in [0.717, 1.165) is 9.91 Å². The van der Waals surface area contributed by atoms with Crippen molar-refractivity contribution in [3.05, 3.63) is 29.8 Å². The fourth-order valence-electron chi connectivity index (χ4n) is 1.47. The Balaban J connectivity index is 2.96. The summed E-state index contributed by atoms with van der Waals surface area (Å²) in [5.41, 5.74) is 0.991. The number of hydrogen-bond donors (Lipinski definition) is 2. The molecule has 4 nitrogen and oxygen atoms in total. The van der Waals surface area contributed by atoms with E-state index in [4.69, 9.17) is 10.2 Å². The van der Waals surface area contributed by atoms with Crippen LogP contribution in [0.1, 0.15) is 5.56 Å². The molecule has 86 valence electrons. The summed E-state index contributed by atoms with van der Waals surface area (Å²) < 4.78 is 0.944. The molecule has 0 aromatic heterocycles. The number of aliphatic carboxylic acids is 2. The van der Waals surface area contributed by atoms with E-state index in [2.05, 4.69) is 0 Å². The molecule has 0 amide bonds. The van der Waals surface area contributed by atoms with Crippen LogP contribution in [0.4, 0.5) is 0 Å². The van der Waals surface area contributed by atoms with Gasteiger partial charge in [0, 0.05) is 0 Å². The van der Waals surface area contributed by atoms with E-state index in [9.17, 15) is 9.59 Å². The minimum absolute atomic E-state index is 0.00977. The van der Waals surface area contributed by atoms with Gasteiger partial charge in [-0.3, -0.25) is 0 Å². The topological polar surface area (TPSA) is 74.6 Å². The van der Waals surface area contributed by atoms with Crippen molar-refractivity contribution in [2.45, 2.75) is 17.3 Å². The van der Waals surface area contributed by atoms with Gasteiger partial charge in [0.05, 0.1) is 0 Å². The number of carboxylic acid groups (broad SMARTS) is 2. The van der Waals surface area contributed by atoms with Crippen LogP contribution >= 0.6 is 0 Å². The molecule has 0 aliphatic heterocycles. The van der Waals surface area contributed by atoms with Crippen LogP contribution in [-0.2, 0) is 9.59 Å². The molecule has 0 unspecified atom stereocenters. The van der Waals surface area contributed by atoms with Gasteiger partial charge in [-0.15, -0.1) is 0 Å². The molecule has 0 aliphatic carbocycles. The van der Waals surface area contributed by atoms with Crippen molar-refractivity contribution < 1.29 is 19.8 Å². The summed E-state index contributed by atoms with van der Waals surface area (Å²) in [5, 5.41) is 17.6.